The van der Waals surface area contributed by atoms with Gasteiger partial charge in [0.1, 0.15) is 5.75 Å². The molecule has 0 radical (unpaired) electrons. The third kappa shape index (κ3) is 2.79. The summed E-state index contributed by atoms with van der Waals surface area (Å²) in [5.41, 5.74) is 7.08. The van der Waals surface area contributed by atoms with E-state index in [9.17, 15) is 0 Å². The van der Waals surface area contributed by atoms with Gasteiger partial charge in [0.2, 0.25) is 0 Å². The number of ether oxygens (including phenoxy) is 1. The van der Waals surface area contributed by atoms with Crippen LogP contribution in [0.25, 0.3) is 0 Å². The Morgan fingerprint density at radius 1 is 1.29 bits per heavy atom. The zero-order chi connectivity index (χ0) is 12.3. The molecular weight excluding hydrogens is 212 g/mol. The van der Waals surface area contributed by atoms with E-state index in [2.05, 4.69) is 24.1 Å². The summed E-state index contributed by atoms with van der Waals surface area (Å²) in [6.45, 7) is 1.81. The molecule has 2 unspecified atom stereocenters. The second kappa shape index (κ2) is 5.52. The van der Waals surface area contributed by atoms with Gasteiger partial charge in [0, 0.05) is 12.6 Å². The Balaban J connectivity index is 1.91. The number of nitrogens with two attached hydrogens (primary N) is 1. The normalized spacial score (nSPS) is 23.5. The van der Waals surface area contributed by atoms with Crippen LogP contribution in [0, 0.1) is 5.92 Å². The Hall–Kier alpha value is -1.06. The standard InChI is InChI=1S/C14H22N2O/c1-16(14-8-5-12(14)9-15)10-11-3-6-13(17-2)7-4-11/h3-4,6-7,12,14H,5,8-10,15H2,1-2H3. The number of hydrogen-bond acceptors (Lipinski definition) is 3. The third-order valence-electron chi connectivity index (χ3n) is 3.84. The van der Waals surface area contributed by atoms with E-state index >= 15 is 0 Å². The summed E-state index contributed by atoms with van der Waals surface area (Å²) in [4.78, 5) is 2.42. The molecule has 2 N–H and O–H groups in total. The van der Waals surface area contributed by atoms with Crippen molar-refractivity contribution in [2.24, 2.45) is 11.7 Å². The van der Waals surface area contributed by atoms with Crippen molar-refractivity contribution >= 4 is 0 Å². The van der Waals surface area contributed by atoms with Crippen molar-refractivity contribution in [2.45, 2.75) is 25.4 Å². The van der Waals surface area contributed by atoms with E-state index in [4.69, 9.17) is 10.5 Å². The lowest BCUT2D eigenvalue weighted by Crippen LogP contribution is -2.47. The van der Waals surface area contributed by atoms with Gasteiger partial charge in [-0.3, -0.25) is 4.90 Å². The van der Waals surface area contributed by atoms with Gasteiger partial charge in [-0.05, 0) is 50.0 Å². The zero-order valence-corrected chi connectivity index (χ0v) is 10.7. The Kier molecular flexibility index (Phi) is 4.02. The van der Waals surface area contributed by atoms with Gasteiger partial charge in [-0.1, -0.05) is 12.1 Å². The van der Waals surface area contributed by atoms with Crippen molar-refractivity contribution < 1.29 is 4.74 Å². The summed E-state index contributed by atoms with van der Waals surface area (Å²) in [5, 5.41) is 0. The minimum absolute atomic E-state index is 0.669. The molecule has 0 saturated heterocycles. The molecule has 0 heterocycles. The Labute approximate surface area is 104 Å². The summed E-state index contributed by atoms with van der Waals surface area (Å²) < 4.78 is 5.16. The van der Waals surface area contributed by atoms with Crippen molar-refractivity contribution in [3.8, 4) is 5.75 Å². The molecule has 1 aliphatic rings. The van der Waals surface area contributed by atoms with Crippen LogP contribution in [-0.2, 0) is 6.54 Å². The number of hydrogen-bond donors (Lipinski definition) is 1. The summed E-state index contributed by atoms with van der Waals surface area (Å²) >= 11 is 0. The predicted octanol–water partition coefficient (Wildman–Crippen LogP) is 1.86. The minimum Gasteiger partial charge on any atom is -0.497 e. The van der Waals surface area contributed by atoms with Crippen LogP contribution in [0.3, 0.4) is 0 Å². The van der Waals surface area contributed by atoms with E-state index in [-0.39, 0.29) is 0 Å². The van der Waals surface area contributed by atoms with Crippen LogP contribution < -0.4 is 10.5 Å². The third-order valence-corrected chi connectivity index (χ3v) is 3.84. The molecular formula is C14H22N2O. The molecule has 1 aromatic rings. The van der Waals surface area contributed by atoms with Crippen LogP contribution in [-0.4, -0.2) is 31.6 Å². The van der Waals surface area contributed by atoms with Crippen molar-refractivity contribution in [3.05, 3.63) is 29.8 Å². The van der Waals surface area contributed by atoms with E-state index in [1.807, 2.05) is 12.1 Å². The second-order valence-electron chi connectivity index (χ2n) is 4.90. The molecule has 3 heteroatoms. The van der Waals surface area contributed by atoms with Crippen LogP contribution in [0.15, 0.2) is 24.3 Å². The highest BCUT2D eigenvalue weighted by Gasteiger charge is 2.32. The molecule has 1 saturated carbocycles. The van der Waals surface area contributed by atoms with Gasteiger partial charge in [-0.15, -0.1) is 0 Å². The molecule has 3 nitrogen and oxygen atoms in total. The maximum absolute atomic E-state index is 5.75. The molecule has 0 amide bonds. The monoisotopic (exact) mass is 234 g/mol. The van der Waals surface area contributed by atoms with E-state index in [1.54, 1.807) is 7.11 Å². The van der Waals surface area contributed by atoms with Gasteiger partial charge < -0.3 is 10.5 Å². The average molecular weight is 234 g/mol. The summed E-state index contributed by atoms with van der Waals surface area (Å²) in [6, 6.07) is 8.97. The molecule has 2 atom stereocenters. The van der Waals surface area contributed by atoms with Crippen molar-refractivity contribution in [2.75, 3.05) is 20.7 Å². The lowest BCUT2D eigenvalue weighted by Gasteiger charge is -2.42. The van der Waals surface area contributed by atoms with Gasteiger partial charge in [0.25, 0.3) is 0 Å². The Bertz CT molecular complexity index is 348. The second-order valence-corrected chi connectivity index (χ2v) is 4.90. The van der Waals surface area contributed by atoms with Crippen LogP contribution >= 0.6 is 0 Å². The molecule has 1 aliphatic carbocycles. The fourth-order valence-corrected chi connectivity index (χ4v) is 2.54. The quantitative estimate of drug-likeness (QED) is 0.845. The molecule has 0 aliphatic heterocycles. The highest BCUT2D eigenvalue weighted by atomic mass is 16.5. The first kappa shape index (κ1) is 12.4. The van der Waals surface area contributed by atoms with Gasteiger partial charge in [-0.25, -0.2) is 0 Å². The van der Waals surface area contributed by atoms with E-state index in [1.165, 1.54) is 18.4 Å². The van der Waals surface area contributed by atoms with Crippen LogP contribution in [0.2, 0.25) is 0 Å². The maximum atomic E-state index is 5.75. The molecule has 17 heavy (non-hydrogen) atoms. The number of nitrogens with zero attached hydrogens (tertiary/aromatic N) is 1. The molecule has 2 rings (SSSR count). The first-order valence-corrected chi connectivity index (χ1v) is 6.28. The highest BCUT2D eigenvalue weighted by molar-refractivity contribution is 5.27. The fraction of sp³-hybridized carbons (Fsp3) is 0.571. The first-order chi connectivity index (χ1) is 8.24. The van der Waals surface area contributed by atoms with E-state index < -0.39 is 0 Å². The van der Waals surface area contributed by atoms with Gasteiger partial charge in [0.15, 0.2) is 0 Å². The predicted molar refractivity (Wildman–Crippen MR) is 70.0 cm³/mol. The maximum Gasteiger partial charge on any atom is 0.118 e. The molecule has 94 valence electrons. The van der Waals surface area contributed by atoms with Crippen LogP contribution in [0.1, 0.15) is 18.4 Å². The van der Waals surface area contributed by atoms with Gasteiger partial charge >= 0.3 is 0 Å². The lowest BCUT2D eigenvalue weighted by molar-refractivity contribution is 0.0837. The van der Waals surface area contributed by atoms with E-state index in [0.717, 1.165) is 18.8 Å². The van der Waals surface area contributed by atoms with Crippen LogP contribution in [0.4, 0.5) is 0 Å². The molecule has 1 fully saturated rings. The van der Waals surface area contributed by atoms with Crippen molar-refractivity contribution in [3.63, 3.8) is 0 Å². The van der Waals surface area contributed by atoms with Crippen LogP contribution in [0.5, 0.6) is 5.75 Å². The minimum atomic E-state index is 0.669. The summed E-state index contributed by atoms with van der Waals surface area (Å²) in [6.07, 6.45) is 2.57. The van der Waals surface area contributed by atoms with Crippen molar-refractivity contribution in [1.82, 2.24) is 4.90 Å². The fourth-order valence-electron chi connectivity index (χ4n) is 2.54. The largest absolute Gasteiger partial charge is 0.497 e. The molecule has 0 bridgehead atoms. The Morgan fingerprint density at radius 3 is 2.47 bits per heavy atom. The topological polar surface area (TPSA) is 38.5 Å². The smallest absolute Gasteiger partial charge is 0.118 e. The van der Waals surface area contributed by atoms with Gasteiger partial charge in [0.05, 0.1) is 7.11 Å². The number of rotatable bonds is 5. The first-order valence-electron chi connectivity index (χ1n) is 6.28. The summed E-state index contributed by atoms with van der Waals surface area (Å²) in [5.74, 6) is 1.61. The van der Waals surface area contributed by atoms with E-state index in [0.29, 0.717) is 12.0 Å². The molecule has 0 aromatic heterocycles. The summed E-state index contributed by atoms with van der Waals surface area (Å²) in [7, 11) is 3.89. The SMILES string of the molecule is COc1ccc(CN(C)C2CCC2CN)cc1. The lowest BCUT2D eigenvalue weighted by atomic mass is 9.78. The molecule has 1 aromatic carbocycles. The van der Waals surface area contributed by atoms with Gasteiger partial charge in [-0.2, -0.15) is 0 Å². The average Bonchev–Trinajstić information content (AvgIpc) is 2.29. The van der Waals surface area contributed by atoms with Crippen molar-refractivity contribution in [1.29, 1.82) is 0 Å². The number of methoxy groups -OCH3 is 1. The highest BCUT2D eigenvalue weighted by Crippen LogP contribution is 2.31. The Morgan fingerprint density at radius 2 is 2.00 bits per heavy atom. The zero-order valence-electron chi connectivity index (χ0n) is 10.7. The molecule has 0 spiro atoms. The number of benzene rings is 1.